The van der Waals surface area contributed by atoms with Gasteiger partial charge in [-0.15, -0.1) is 11.3 Å². The van der Waals surface area contributed by atoms with Crippen LogP contribution in [0.3, 0.4) is 0 Å². The monoisotopic (exact) mass is 493 g/mol. The molecule has 5 aromatic rings. The molecule has 0 saturated heterocycles. The summed E-state index contributed by atoms with van der Waals surface area (Å²) >= 11 is 1.74. The van der Waals surface area contributed by atoms with Crippen LogP contribution in [0.1, 0.15) is 42.9 Å². The van der Waals surface area contributed by atoms with Gasteiger partial charge in [0, 0.05) is 34.4 Å². The Morgan fingerprint density at radius 3 is 2.08 bits per heavy atom. The minimum absolute atomic E-state index is 0.0824. The number of nitrogens with two attached hydrogens (primary N) is 2. The zero-order chi connectivity index (χ0) is 25.3. The second kappa shape index (κ2) is 9.90. The lowest BCUT2D eigenvalue weighted by Gasteiger charge is -2.21. The molecular weight excluding hydrogens is 462 g/mol. The fourth-order valence-corrected chi connectivity index (χ4v) is 5.83. The average Bonchev–Trinajstić information content (AvgIpc) is 3.30. The number of hydrogen-bond acceptors (Lipinski definition) is 6. The van der Waals surface area contributed by atoms with Crippen LogP contribution in [-0.2, 0) is 11.8 Å². The molecular formula is C30H31N5S. The summed E-state index contributed by atoms with van der Waals surface area (Å²) in [4.78, 5) is 15.6. The van der Waals surface area contributed by atoms with Crippen LogP contribution in [0.25, 0.3) is 32.7 Å². The summed E-state index contributed by atoms with van der Waals surface area (Å²) in [6.45, 7) is 6.71. The standard InChI is InChI=1S/C30H31N5S/c1-30(2,3)28-23(20-12-8-5-9-13-20)25-27(36-28)26(35-29(34-25)21-14-16-33-17-15-21)24(32)22(31)18-19-10-6-4-7-11-19/h4-17,22,24H,18,31-32H2,1-3H3. The normalized spacial score (nSPS) is 13.6. The third kappa shape index (κ3) is 4.80. The van der Waals surface area contributed by atoms with Gasteiger partial charge in [-0.2, -0.15) is 0 Å². The van der Waals surface area contributed by atoms with Gasteiger partial charge in [0.05, 0.1) is 22.0 Å². The molecule has 6 heteroatoms. The molecule has 2 aromatic carbocycles. The van der Waals surface area contributed by atoms with Crippen molar-refractivity contribution in [1.29, 1.82) is 0 Å². The molecule has 0 radical (unpaired) electrons. The van der Waals surface area contributed by atoms with E-state index in [0.717, 1.165) is 38.2 Å². The second-order valence-electron chi connectivity index (χ2n) is 10.1. The van der Waals surface area contributed by atoms with Gasteiger partial charge in [0.15, 0.2) is 5.82 Å². The lowest BCUT2D eigenvalue weighted by molar-refractivity contribution is 0.537. The Morgan fingerprint density at radius 1 is 0.806 bits per heavy atom. The highest BCUT2D eigenvalue weighted by Gasteiger charge is 2.30. The zero-order valence-corrected chi connectivity index (χ0v) is 21.7. The lowest BCUT2D eigenvalue weighted by atomic mass is 9.88. The molecule has 0 aliphatic rings. The van der Waals surface area contributed by atoms with Gasteiger partial charge in [0.1, 0.15) is 0 Å². The Morgan fingerprint density at radius 2 is 1.44 bits per heavy atom. The van der Waals surface area contributed by atoms with Crippen molar-refractivity contribution in [3.63, 3.8) is 0 Å². The van der Waals surface area contributed by atoms with Crippen LogP contribution in [0.2, 0.25) is 0 Å². The summed E-state index contributed by atoms with van der Waals surface area (Å²) in [7, 11) is 0. The van der Waals surface area contributed by atoms with Crippen molar-refractivity contribution in [2.75, 3.05) is 0 Å². The van der Waals surface area contributed by atoms with E-state index in [1.54, 1.807) is 23.7 Å². The molecule has 0 aliphatic heterocycles. The lowest BCUT2D eigenvalue weighted by Crippen LogP contribution is -2.36. The Balaban J connectivity index is 1.74. The van der Waals surface area contributed by atoms with Crippen LogP contribution >= 0.6 is 11.3 Å². The number of fused-ring (bicyclic) bond motifs is 1. The van der Waals surface area contributed by atoms with Gasteiger partial charge in [0.2, 0.25) is 0 Å². The second-order valence-corrected chi connectivity index (χ2v) is 11.2. The largest absolute Gasteiger partial charge is 0.326 e. The molecule has 36 heavy (non-hydrogen) atoms. The molecule has 0 bridgehead atoms. The molecule has 2 atom stereocenters. The third-order valence-corrected chi connectivity index (χ3v) is 7.96. The summed E-state index contributed by atoms with van der Waals surface area (Å²) in [5.74, 6) is 0.637. The first-order valence-corrected chi connectivity index (χ1v) is 13.0. The van der Waals surface area contributed by atoms with Gasteiger partial charge < -0.3 is 11.5 Å². The van der Waals surface area contributed by atoms with Gasteiger partial charge in [-0.3, -0.25) is 4.98 Å². The maximum Gasteiger partial charge on any atom is 0.160 e. The SMILES string of the molecule is CC(C)(C)c1sc2c(C(N)C(N)Cc3ccccc3)nc(-c3ccncc3)nc2c1-c1ccccc1. The summed E-state index contributed by atoms with van der Waals surface area (Å²) < 4.78 is 1.01. The number of benzene rings is 2. The van der Waals surface area contributed by atoms with Crippen LogP contribution < -0.4 is 11.5 Å². The fourth-order valence-electron chi connectivity index (χ4n) is 4.47. The van der Waals surface area contributed by atoms with Crippen LogP contribution in [0.4, 0.5) is 0 Å². The van der Waals surface area contributed by atoms with Crippen molar-refractivity contribution in [1.82, 2.24) is 15.0 Å². The van der Waals surface area contributed by atoms with Gasteiger partial charge in [-0.1, -0.05) is 81.4 Å². The molecule has 4 N–H and O–H groups in total. The minimum Gasteiger partial charge on any atom is -0.326 e. The summed E-state index contributed by atoms with van der Waals surface area (Å²) in [5, 5.41) is 0. The highest BCUT2D eigenvalue weighted by atomic mass is 32.1. The first kappa shape index (κ1) is 24.3. The number of pyridine rings is 1. The van der Waals surface area contributed by atoms with Gasteiger partial charge >= 0.3 is 0 Å². The number of aromatic nitrogens is 3. The van der Waals surface area contributed by atoms with E-state index >= 15 is 0 Å². The Bertz CT molecular complexity index is 1460. The molecule has 0 aliphatic carbocycles. The Labute approximate surface area is 216 Å². The predicted octanol–water partition coefficient (Wildman–Crippen LogP) is 6.29. The first-order valence-electron chi connectivity index (χ1n) is 12.2. The third-order valence-electron chi connectivity index (χ3n) is 6.33. The maximum atomic E-state index is 6.89. The number of thiophene rings is 1. The molecule has 0 spiro atoms. The minimum atomic E-state index is -0.452. The van der Waals surface area contributed by atoms with Crippen molar-refractivity contribution in [2.45, 2.75) is 44.7 Å². The number of nitrogens with zero attached hydrogens (tertiary/aromatic N) is 3. The summed E-state index contributed by atoms with van der Waals surface area (Å²) in [6.07, 6.45) is 4.19. The molecule has 5 nitrogen and oxygen atoms in total. The number of rotatable bonds is 6. The van der Waals surface area contributed by atoms with E-state index in [2.05, 4.69) is 62.2 Å². The first-order chi connectivity index (χ1) is 17.3. The molecule has 2 unspecified atom stereocenters. The summed E-state index contributed by atoms with van der Waals surface area (Å²) in [6, 6.07) is 23.8. The quantitative estimate of drug-likeness (QED) is 0.290. The van der Waals surface area contributed by atoms with Gasteiger partial charge in [-0.05, 0) is 35.1 Å². The topological polar surface area (TPSA) is 90.7 Å². The average molecular weight is 494 g/mol. The molecule has 0 fully saturated rings. The predicted molar refractivity (Wildman–Crippen MR) is 150 cm³/mol. The maximum absolute atomic E-state index is 6.89. The zero-order valence-electron chi connectivity index (χ0n) is 20.8. The summed E-state index contributed by atoms with van der Waals surface area (Å²) in [5.41, 5.74) is 19.6. The van der Waals surface area contributed by atoms with E-state index in [9.17, 15) is 0 Å². The van der Waals surface area contributed by atoms with E-state index in [0.29, 0.717) is 12.2 Å². The fraction of sp³-hybridized carbons (Fsp3) is 0.233. The Kier molecular flexibility index (Phi) is 6.67. The smallest absolute Gasteiger partial charge is 0.160 e. The molecule has 3 aromatic heterocycles. The van der Waals surface area contributed by atoms with E-state index in [1.165, 1.54) is 4.88 Å². The van der Waals surface area contributed by atoms with Crippen molar-refractivity contribution in [3.05, 3.63) is 101 Å². The molecule has 182 valence electrons. The number of hydrogen-bond donors (Lipinski definition) is 2. The van der Waals surface area contributed by atoms with Crippen molar-refractivity contribution < 1.29 is 0 Å². The highest BCUT2D eigenvalue weighted by Crippen LogP contribution is 2.46. The van der Waals surface area contributed by atoms with E-state index in [-0.39, 0.29) is 11.5 Å². The van der Waals surface area contributed by atoms with E-state index < -0.39 is 6.04 Å². The van der Waals surface area contributed by atoms with Gasteiger partial charge in [-0.25, -0.2) is 9.97 Å². The van der Waals surface area contributed by atoms with E-state index in [4.69, 9.17) is 21.4 Å². The molecule has 3 heterocycles. The van der Waals surface area contributed by atoms with E-state index in [1.807, 2.05) is 36.4 Å². The molecule has 0 saturated carbocycles. The highest BCUT2D eigenvalue weighted by molar-refractivity contribution is 7.20. The Hall–Kier alpha value is -3.45. The van der Waals surface area contributed by atoms with Crippen molar-refractivity contribution in [3.8, 4) is 22.5 Å². The van der Waals surface area contributed by atoms with Crippen molar-refractivity contribution >= 4 is 21.6 Å². The van der Waals surface area contributed by atoms with Crippen LogP contribution in [0.5, 0.6) is 0 Å². The molecule has 5 rings (SSSR count). The van der Waals surface area contributed by atoms with Crippen LogP contribution in [0, 0.1) is 0 Å². The van der Waals surface area contributed by atoms with Crippen LogP contribution in [0.15, 0.2) is 85.2 Å². The van der Waals surface area contributed by atoms with Gasteiger partial charge in [0.25, 0.3) is 0 Å². The van der Waals surface area contributed by atoms with Crippen molar-refractivity contribution in [2.24, 2.45) is 11.5 Å². The van der Waals surface area contributed by atoms with Crippen LogP contribution in [-0.4, -0.2) is 21.0 Å². The molecule has 0 amide bonds.